The monoisotopic (exact) mass is 655 g/mol. The van der Waals surface area contributed by atoms with Gasteiger partial charge in [-0.05, 0) is 49.4 Å². The van der Waals surface area contributed by atoms with Gasteiger partial charge < -0.3 is 30.2 Å². The quantitative estimate of drug-likeness (QED) is 0.287. The van der Waals surface area contributed by atoms with Gasteiger partial charge in [0.2, 0.25) is 17.6 Å². The number of Topliss-reactive ketones (excluding diaryl/α,β-unsaturated/α-hetero) is 1. The summed E-state index contributed by atoms with van der Waals surface area (Å²) in [6, 6.07) is 12.3. The highest BCUT2D eigenvalue weighted by Gasteiger charge is 2.52. The SMILES string of the molecule is COc1cccc2c1cc(C(=O)N1C[C@H](C(F)(F)F)C[C@H]1C(=O)N[C@@H](C[C@@H]1CCCNC1=O)C(=O)C(=O)NCc1ccccc1)n2C. The maximum absolute atomic E-state index is 14.0. The minimum Gasteiger partial charge on any atom is -0.496 e. The Morgan fingerprint density at radius 2 is 1.83 bits per heavy atom. The molecule has 4 amide bonds. The van der Waals surface area contributed by atoms with Crippen molar-refractivity contribution in [3.63, 3.8) is 0 Å². The number of amides is 4. The Morgan fingerprint density at radius 1 is 1.09 bits per heavy atom. The van der Waals surface area contributed by atoms with Crippen molar-refractivity contribution >= 4 is 40.3 Å². The van der Waals surface area contributed by atoms with Crippen LogP contribution < -0.4 is 20.7 Å². The molecule has 2 aliphatic heterocycles. The molecule has 14 heteroatoms. The summed E-state index contributed by atoms with van der Waals surface area (Å²) in [5, 5.41) is 8.22. The summed E-state index contributed by atoms with van der Waals surface area (Å²) in [5.74, 6) is -6.51. The molecule has 2 aliphatic rings. The van der Waals surface area contributed by atoms with Crippen molar-refractivity contribution in [2.75, 3.05) is 20.2 Å². The van der Waals surface area contributed by atoms with E-state index in [-0.39, 0.29) is 24.6 Å². The molecule has 2 fully saturated rings. The number of nitrogens with zero attached hydrogens (tertiary/aromatic N) is 2. The second kappa shape index (κ2) is 13.9. The van der Waals surface area contributed by atoms with Crippen molar-refractivity contribution in [2.45, 2.75) is 50.5 Å². The number of nitrogens with one attached hydrogen (secondary N) is 3. The predicted octanol–water partition coefficient (Wildman–Crippen LogP) is 2.87. The van der Waals surface area contributed by atoms with Crippen LogP contribution in [0.3, 0.4) is 0 Å². The van der Waals surface area contributed by atoms with Crippen LogP contribution in [0.1, 0.15) is 41.7 Å². The van der Waals surface area contributed by atoms with Gasteiger partial charge in [0.15, 0.2) is 0 Å². The van der Waals surface area contributed by atoms with Gasteiger partial charge in [-0.2, -0.15) is 13.2 Å². The highest BCUT2D eigenvalue weighted by Crippen LogP contribution is 2.38. The molecule has 0 radical (unpaired) electrons. The lowest BCUT2D eigenvalue weighted by Crippen LogP contribution is -2.54. The molecule has 250 valence electrons. The van der Waals surface area contributed by atoms with Gasteiger partial charge in [-0.25, -0.2) is 0 Å². The maximum Gasteiger partial charge on any atom is 0.393 e. The second-order valence-corrected chi connectivity index (χ2v) is 11.9. The summed E-state index contributed by atoms with van der Waals surface area (Å²) in [6.45, 7) is -0.319. The van der Waals surface area contributed by atoms with Crippen LogP contribution in [0.2, 0.25) is 0 Å². The molecule has 0 aliphatic carbocycles. The van der Waals surface area contributed by atoms with Crippen LogP contribution in [0.15, 0.2) is 54.6 Å². The Hall–Kier alpha value is -4.88. The van der Waals surface area contributed by atoms with Crippen LogP contribution in [0.5, 0.6) is 5.75 Å². The molecule has 0 spiro atoms. The number of carbonyl (C=O) groups is 5. The number of rotatable bonds is 10. The van der Waals surface area contributed by atoms with Crippen molar-refractivity contribution in [1.29, 1.82) is 0 Å². The standard InChI is InChI=1S/C33H36F3N5O6/c1-40-24-11-6-12-27(47-2)22(24)16-26(40)32(46)41-18-21(33(34,35)36)15-25(41)30(44)39-23(14-20-10-7-13-37-29(20)43)28(42)31(45)38-17-19-8-4-3-5-9-19/h3-6,8-9,11-12,16,20-21,23,25H,7,10,13-15,17-18H2,1-2H3,(H,37,43)(H,38,45)(H,39,44)/t20-,21+,23-,25-/m0/s1. The number of methoxy groups -OCH3 is 1. The smallest absolute Gasteiger partial charge is 0.393 e. The second-order valence-electron chi connectivity index (χ2n) is 11.9. The number of ketones is 1. The fourth-order valence-corrected chi connectivity index (χ4v) is 6.28. The predicted molar refractivity (Wildman–Crippen MR) is 164 cm³/mol. The summed E-state index contributed by atoms with van der Waals surface area (Å²) in [4.78, 5) is 67.4. The number of aromatic nitrogens is 1. The number of aryl methyl sites for hydroxylation is 1. The highest BCUT2D eigenvalue weighted by molar-refractivity contribution is 6.38. The molecular formula is C33H36F3N5O6. The molecule has 11 nitrogen and oxygen atoms in total. The average Bonchev–Trinajstić information content (AvgIpc) is 3.67. The number of alkyl halides is 3. The van der Waals surface area contributed by atoms with E-state index in [0.29, 0.717) is 41.6 Å². The Balaban J connectivity index is 1.41. The molecule has 3 heterocycles. The molecule has 4 atom stereocenters. The lowest BCUT2D eigenvalue weighted by atomic mass is 9.89. The minimum atomic E-state index is -4.71. The van der Waals surface area contributed by atoms with E-state index in [1.807, 2.05) is 0 Å². The van der Waals surface area contributed by atoms with E-state index in [4.69, 9.17) is 4.74 Å². The fraction of sp³-hybridized carbons (Fsp3) is 0.424. The largest absolute Gasteiger partial charge is 0.496 e. The number of carbonyl (C=O) groups excluding carboxylic acids is 5. The van der Waals surface area contributed by atoms with Gasteiger partial charge in [-0.3, -0.25) is 24.0 Å². The van der Waals surface area contributed by atoms with E-state index in [0.717, 1.165) is 4.90 Å². The highest BCUT2D eigenvalue weighted by atomic mass is 19.4. The minimum absolute atomic E-state index is 0.0178. The summed E-state index contributed by atoms with van der Waals surface area (Å²) in [6.07, 6.45) is -4.67. The van der Waals surface area contributed by atoms with E-state index < -0.39 is 66.6 Å². The van der Waals surface area contributed by atoms with Gasteiger partial charge in [-0.1, -0.05) is 36.4 Å². The fourth-order valence-electron chi connectivity index (χ4n) is 6.28. The maximum atomic E-state index is 14.0. The van der Waals surface area contributed by atoms with Gasteiger partial charge in [0.25, 0.3) is 11.8 Å². The van der Waals surface area contributed by atoms with Crippen molar-refractivity contribution in [3.8, 4) is 5.75 Å². The van der Waals surface area contributed by atoms with Crippen LogP contribution >= 0.6 is 0 Å². The molecule has 2 aromatic carbocycles. The molecule has 47 heavy (non-hydrogen) atoms. The molecule has 2 saturated heterocycles. The zero-order valence-corrected chi connectivity index (χ0v) is 25.9. The zero-order valence-electron chi connectivity index (χ0n) is 25.9. The molecule has 0 unspecified atom stereocenters. The first kappa shape index (κ1) is 33.5. The van der Waals surface area contributed by atoms with Crippen molar-refractivity contribution in [1.82, 2.24) is 25.4 Å². The van der Waals surface area contributed by atoms with Crippen molar-refractivity contribution in [3.05, 3.63) is 65.9 Å². The summed E-state index contributed by atoms with van der Waals surface area (Å²) >= 11 is 0. The number of likely N-dealkylation sites (tertiary alicyclic amines) is 1. The van der Waals surface area contributed by atoms with Crippen LogP contribution in [0.4, 0.5) is 13.2 Å². The molecule has 5 rings (SSSR count). The van der Waals surface area contributed by atoms with E-state index >= 15 is 0 Å². The van der Waals surface area contributed by atoms with E-state index in [1.165, 1.54) is 17.7 Å². The van der Waals surface area contributed by atoms with E-state index in [9.17, 15) is 37.1 Å². The molecule has 1 aromatic heterocycles. The third-order valence-electron chi connectivity index (χ3n) is 8.89. The van der Waals surface area contributed by atoms with Crippen molar-refractivity contribution in [2.24, 2.45) is 18.9 Å². The summed E-state index contributed by atoms with van der Waals surface area (Å²) in [5.41, 5.74) is 1.35. The van der Waals surface area contributed by atoms with Gasteiger partial charge in [0.1, 0.15) is 17.5 Å². The van der Waals surface area contributed by atoms with Crippen LogP contribution in [-0.2, 0) is 32.8 Å². The lowest BCUT2D eigenvalue weighted by molar-refractivity contribution is -0.170. The van der Waals surface area contributed by atoms with Gasteiger partial charge >= 0.3 is 6.18 Å². The zero-order chi connectivity index (χ0) is 33.9. The summed E-state index contributed by atoms with van der Waals surface area (Å²) < 4.78 is 48.9. The molecule has 3 aromatic rings. The first-order valence-electron chi connectivity index (χ1n) is 15.3. The molecule has 3 N–H and O–H groups in total. The van der Waals surface area contributed by atoms with Gasteiger partial charge in [0, 0.05) is 38.0 Å². The third-order valence-corrected chi connectivity index (χ3v) is 8.89. The van der Waals surface area contributed by atoms with Crippen molar-refractivity contribution < 1.29 is 41.9 Å². The van der Waals surface area contributed by atoms with Crippen LogP contribution in [0, 0.1) is 11.8 Å². The molecular weight excluding hydrogens is 619 g/mol. The first-order valence-corrected chi connectivity index (χ1v) is 15.3. The number of hydrogen-bond acceptors (Lipinski definition) is 6. The Bertz CT molecular complexity index is 1670. The molecule has 0 bridgehead atoms. The number of hydrogen-bond donors (Lipinski definition) is 3. The number of halogens is 3. The first-order chi connectivity index (χ1) is 22.4. The van der Waals surface area contributed by atoms with E-state index in [2.05, 4.69) is 16.0 Å². The Labute approximate surface area is 268 Å². The van der Waals surface area contributed by atoms with Crippen LogP contribution in [-0.4, -0.2) is 77.3 Å². The lowest BCUT2D eigenvalue weighted by Gasteiger charge is -2.29. The van der Waals surface area contributed by atoms with E-state index in [1.54, 1.807) is 55.6 Å². The number of piperidine rings is 1. The average molecular weight is 656 g/mol. The number of ether oxygens (including phenoxy) is 1. The van der Waals surface area contributed by atoms with Gasteiger partial charge in [-0.15, -0.1) is 0 Å². The summed E-state index contributed by atoms with van der Waals surface area (Å²) in [7, 11) is 3.04. The van der Waals surface area contributed by atoms with Gasteiger partial charge in [0.05, 0.1) is 24.6 Å². The molecule has 0 saturated carbocycles. The third kappa shape index (κ3) is 7.26. The topological polar surface area (TPSA) is 139 Å². The van der Waals surface area contributed by atoms with Crippen LogP contribution in [0.25, 0.3) is 10.9 Å². The normalized spacial score (nSPS) is 20.4. The Kier molecular flexibility index (Phi) is 9.87. The number of benzene rings is 2. The number of fused-ring (bicyclic) bond motifs is 1. The Morgan fingerprint density at radius 3 is 2.51 bits per heavy atom.